The van der Waals surface area contributed by atoms with Gasteiger partial charge in [0.15, 0.2) is 5.78 Å². The second-order valence-corrected chi connectivity index (χ2v) is 5.21. The van der Waals surface area contributed by atoms with Crippen molar-refractivity contribution in [2.24, 2.45) is 0 Å². The van der Waals surface area contributed by atoms with Gasteiger partial charge in [0.05, 0.1) is 12.1 Å². The van der Waals surface area contributed by atoms with Gasteiger partial charge in [-0.1, -0.05) is 11.6 Å². The lowest BCUT2D eigenvalue weighted by molar-refractivity contribution is 0.0876. The van der Waals surface area contributed by atoms with Crippen LogP contribution in [0.3, 0.4) is 0 Å². The van der Waals surface area contributed by atoms with Crippen molar-refractivity contribution in [2.45, 2.75) is 6.92 Å². The molecule has 1 aromatic rings. The zero-order chi connectivity index (χ0) is 13.1. The quantitative estimate of drug-likeness (QED) is 0.614. The fraction of sp³-hybridized carbons (Fsp3) is 0.538. The van der Waals surface area contributed by atoms with E-state index >= 15 is 0 Å². The number of nitrogens with zero attached hydrogens (tertiary/aromatic N) is 3. The number of aryl methyl sites for hydroxylation is 1. The summed E-state index contributed by atoms with van der Waals surface area (Å²) in [5.41, 5.74) is 1.50. The predicted octanol–water partition coefficient (Wildman–Crippen LogP) is 1.47. The number of aromatic nitrogens is 1. The smallest absolute Gasteiger partial charge is 0.179 e. The van der Waals surface area contributed by atoms with Gasteiger partial charge in [-0.3, -0.25) is 9.69 Å². The summed E-state index contributed by atoms with van der Waals surface area (Å²) in [5, 5.41) is 0.305. The Kier molecular flexibility index (Phi) is 4.32. The van der Waals surface area contributed by atoms with E-state index in [1.54, 1.807) is 6.20 Å². The highest BCUT2D eigenvalue weighted by molar-refractivity contribution is 6.32. The minimum atomic E-state index is 0.0563. The molecular formula is C13H18ClN3O. The molecule has 1 fully saturated rings. The first kappa shape index (κ1) is 13.5. The van der Waals surface area contributed by atoms with Crippen molar-refractivity contribution in [1.82, 2.24) is 14.8 Å². The van der Waals surface area contributed by atoms with Gasteiger partial charge >= 0.3 is 0 Å². The Bertz CT molecular complexity index is 442. The molecule has 0 aliphatic carbocycles. The predicted molar refractivity (Wildman–Crippen MR) is 72.3 cm³/mol. The lowest BCUT2D eigenvalue weighted by Gasteiger charge is -2.31. The van der Waals surface area contributed by atoms with Crippen molar-refractivity contribution in [3.8, 4) is 0 Å². The summed E-state index contributed by atoms with van der Waals surface area (Å²) in [6.45, 7) is 6.22. The molecule has 0 spiro atoms. The Morgan fingerprint density at radius 1 is 1.39 bits per heavy atom. The van der Waals surface area contributed by atoms with E-state index in [2.05, 4.69) is 21.8 Å². The Morgan fingerprint density at radius 2 is 2.06 bits per heavy atom. The first-order valence-corrected chi connectivity index (χ1v) is 6.50. The van der Waals surface area contributed by atoms with Crippen molar-refractivity contribution in [3.05, 3.63) is 28.5 Å². The number of carbonyl (C=O) groups is 1. The molecule has 1 saturated heterocycles. The number of hydrogen-bond donors (Lipinski definition) is 0. The maximum Gasteiger partial charge on any atom is 0.179 e. The minimum absolute atomic E-state index is 0.0563. The number of ketones is 1. The van der Waals surface area contributed by atoms with Gasteiger partial charge in [0.25, 0.3) is 0 Å². The van der Waals surface area contributed by atoms with Gasteiger partial charge in [-0.05, 0) is 25.6 Å². The first-order valence-electron chi connectivity index (χ1n) is 6.12. The van der Waals surface area contributed by atoms with Crippen LogP contribution in [-0.4, -0.2) is 60.3 Å². The Balaban J connectivity index is 2.01. The van der Waals surface area contributed by atoms with E-state index in [4.69, 9.17) is 11.6 Å². The summed E-state index contributed by atoms with van der Waals surface area (Å²) in [5.74, 6) is 0.0563. The molecule has 0 aromatic carbocycles. The van der Waals surface area contributed by atoms with Crippen molar-refractivity contribution in [3.63, 3.8) is 0 Å². The summed E-state index contributed by atoms with van der Waals surface area (Å²) in [6, 6.07) is 1.81. The Morgan fingerprint density at radius 3 is 2.72 bits per heavy atom. The van der Waals surface area contributed by atoms with Crippen LogP contribution in [0.5, 0.6) is 0 Å². The number of hydrogen-bond acceptors (Lipinski definition) is 4. The van der Waals surface area contributed by atoms with Gasteiger partial charge < -0.3 is 4.90 Å². The van der Waals surface area contributed by atoms with E-state index in [1.807, 2.05) is 13.0 Å². The topological polar surface area (TPSA) is 36.4 Å². The molecule has 0 bridgehead atoms. The zero-order valence-corrected chi connectivity index (χ0v) is 11.6. The van der Waals surface area contributed by atoms with E-state index < -0.39 is 0 Å². The van der Waals surface area contributed by atoms with Gasteiger partial charge in [0.2, 0.25) is 0 Å². The Hall–Kier alpha value is -0.970. The lowest BCUT2D eigenvalue weighted by Crippen LogP contribution is -2.46. The number of pyridine rings is 1. The highest BCUT2D eigenvalue weighted by Crippen LogP contribution is 2.15. The summed E-state index contributed by atoms with van der Waals surface area (Å²) in [7, 11) is 2.10. The van der Waals surface area contributed by atoms with Crippen molar-refractivity contribution < 1.29 is 4.79 Å². The summed E-state index contributed by atoms with van der Waals surface area (Å²) >= 11 is 5.97. The summed E-state index contributed by atoms with van der Waals surface area (Å²) in [4.78, 5) is 20.6. The van der Waals surface area contributed by atoms with E-state index in [1.165, 1.54) is 0 Å². The monoisotopic (exact) mass is 267 g/mol. The molecule has 0 atom stereocenters. The molecule has 2 rings (SSSR count). The Labute approximate surface area is 113 Å². The van der Waals surface area contributed by atoms with Crippen LogP contribution in [0.4, 0.5) is 0 Å². The molecule has 0 unspecified atom stereocenters. The second-order valence-electron chi connectivity index (χ2n) is 4.85. The van der Waals surface area contributed by atoms with E-state index in [0.29, 0.717) is 17.3 Å². The summed E-state index contributed by atoms with van der Waals surface area (Å²) in [6.07, 6.45) is 1.68. The maximum atomic E-state index is 12.2. The minimum Gasteiger partial charge on any atom is -0.304 e. The van der Waals surface area contributed by atoms with Crippen LogP contribution >= 0.6 is 11.6 Å². The molecule has 5 heteroatoms. The lowest BCUT2D eigenvalue weighted by atomic mass is 10.1. The number of piperazine rings is 1. The third-order valence-corrected chi connectivity index (χ3v) is 3.54. The molecule has 1 aromatic heterocycles. The average molecular weight is 268 g/mol. The molecule has 0 N–H and O–H groups in total. The molecule has 1 aliphatic rings. The van der Waals surface area contributed by atoms with Gasteiger partial charge in [0, 0.05) is 32.4 Å². The third kappa shape index (κ3) is 3.28. The summed E-state index contributed by atoms with van der Waals surface area (Å²) < 4.78 is 0. The maximum absolute atomic E-state index is 12.2. The van der Waals surface area contributed by atoms with Gasteiger partial charge in [-0.25, -0.2) is 4.98 Å². The van der Waals surface area contributed by atoms with Crippen LogP contribution in [0, 0.1) is 6.92 Å². The largest absolute Gasteiger partial charge is 0.304 e. The highest BCUT2D eigenvalue weighted by Gasteiger charge is 2.19. The van der Waals surface area contributed by atoms with Crippen LogP contribution in [0.2, 0.25) is 5.15 Å². The first-order chi connectivity index (χ1) is 8.56. The second kappa shape index (κ2) is 5.78. The van der Waals surface area contributed by atoms with Crippen LogP contribution in [-0.2, 0) is 0 Å². The van der Waals surface area contributed by atoms with Gasteiger partial charge in [-0.15, -0.1) is 0 Å². The molecule has 98 valence electrons. The van der Waals surface area contributed by atoms with E-state index in [0.717, 1.165) is 31.7 Å². The van der Waals surface area contributed by atoms with E-state index in [-0.39, 0.29) is 5.78 Å². The zero-order valence-electron chi connectivity index (χ0n) is 10.8. The van der Waals surface area contributed by atoms with E-state index in [9.17, 15) is 4.79 Å². The molecule has 4 nitrogen and oxygen atoms in total. The SMILES string of the molecule is Cc1cnc(Cl)c(C(=O)CN2CCN(C)CC2)c1. The standard InChI is InChI=1S/C13H18ClN3O/c1-10-7-11(13(14)15-8-10)12(18)9-17-5-3-16(2)4-6-17/h7-8H,3-6,9H2,1-2H3. The number of halogens is 1. The normalized spacial score (nSPS) is 17.9. The van der Waals surface area contributed by atoms with Gasteiger partial charge in [0.1, 0.15) is 5.15 Å². The molecule has 2 heterocycles. The van der Waals surface area contributed by atoms with Crippen LogP contribution in [0.25, 0.3) is 0 Å². The number of likely N-dealkylation sites (N-methyl/N-ethyl adjacent to an activating group) is 1. The molecule has 18 heavy (non-hydrogen) atoms. The van der Waals surface area contributed by atoms with Crippen molar-refractivity contribution in [1.29, 1.82) is 0 Å². The highest BCUT2D eigenvalue weighted by atomic mass is 35.5. The van der Waals surface area contributed by atoms with Crippen LogP contribution in [0.1, 0.15) is 15.9 Å². The number of rotatable bonds is 3. The van der Waals surface area contributed by atoms with Crippen LogP contribution in [0.15, 0.2) is 12.3 Å². The fourth-order valence-electron chi connectivity index (χ4n) is 2.04. The third-order valence-electron chi connectivity index (χ3n) is 3.24. The fourth-order valence-corrected chi connectivity index (χ4v) is 2.25. The molecule has 1 aliphatic heterocycles. The number of Topliss-reactive ketones (excluding diaryl/α,β-unsaturated/α-hetero) is 1. The molecule has 0 amide bonds. The van der Waals surface area contributed by atoms with Crippen molar-refractivity contribution in [2.75, 3.05) is 39.8 Å². The average Bonchev–Trinajstić information content (AvgIpc) is 2.35. The van der Waals surface area contributed by atoms with Crippen LogP contribution < -0.4 is 0 Å². The molecular weight excluding hydrogens is 250 g/mol. The van der Waals surface area contributed by atoms with Crippen molar-refractivity contribution >= 4 is 17.4 Å². The molecule has 0 radical (unpaired) electrons. The number of carbonyl (C=O) groups excluding carboxylic acids is 1. The van der Waals surface area contributed by atoms with Gasteiger partial charge in [-0.2, -0.15) is 0 Å². The molecule has 0 saturated carbocycles.